The van der Waals surface area contributed by atoms with Crippen molar-refractivity contribution in [3.63, 3.8) is 0 Å². The van der Waals surface area contributed by atoms with Crippen molar-refractivity contribution in [3.05, 3.63) is 30.2 Å². The van der Waals surface area contributed by atoms with Crippen molar-refractivity contribution in [1.82, 2.24) is 5.16 Å². The third kappa shape index (κ3) is 3.14. The Labute approximate surface area is 104 Å². The molecule has 92 valence electrons. The van der Waals surface area contributed by atoms with Crippen molar-refractivity contribution in [2.75, 3.05) is 0 Å². The summed E-state index contributed by atoms with van der Waals surface area (Å²) in [6.07, 6.45) is 1.28. The highest BCUT2D eigenvalue weighted by Crippen LogP contribution is 2.24. The first-order chi connectivity index (χ1) is 8.16. The molecule has 2 unspecified atom stereocenters. The van der Waals surface area contributed by atoms with E-state index < -0.39 is 0 Å². The number of nitrogens with zero attached hydrogens (tertiary/aromatic N) is 1. The Balaban J connectivity index is 1.95. The summed E-state index contributed by atoms with van der Waals surface area (Å²) in [6.45, 7) is 3.78. The Morgan fingerprint density at radius 3 is 2.88 bits per heavy atom. The fraction of sp³-hybridized carbons (Fsp3) is 0.417. The Kier molecular flexibility index (Phi) is 3.91. The van der Waals surface area contributed by atoms with Crippen LogP contribution in [0.4, 0.5) is 0 Å². The summed E-state index contributed by atoms with van der Waals surface area (Å²) in [5, 5.41) is 13.5. The molecule has 4 nitrogen and oxygen atoms in total. The van der Waals surface area contributed by atoms with Crippen molar-refractivity contribution in [1.29, 1.82) is 0 Å². The van der Waals surface area contributed by atoms with E-state index in [-0.39, 0.29) is 11.4 Å². The number of aliphatic hydroxyl groups is 1. The lowest BCUT2D eigenvalue weighted by Crippen LogP contribution is -2.15. The zero-order valence-corrected chi connectivity index (χ0v) is 10.6. The average Bonchev–Trinajstić information content (AvgIpc) is 2.95. The first kappa shape index (κ1) is 12.3. The Bertz CT molecular complexity index is 450. The summed E-state index contributed by atoms with van der Waals surface area (Å²) in [6, 6.07) is 5.50. The number of thioether (sulfide) groups is 1. The van der Waals surface area contributed by atoms with Gasteiger partial charge in [0.1, 0.15) is 0 Å². The predicted molar refractivity (Wildman–Crippen MR) is 66.6 cm³/mol. The van der Waals surface area contributed by atoms with Gasteiger partial charge >= 0.3 is 0 Å². The molecule has 0 fully saturated rings. The molecule has 17 heavy (non-hydrogen) atoms. The minimum Gasteiger partial charge on any atom is -0.461 e. The number of furan rings is 1. The maximum atomic E-state index is 9.37. The van der Waals surface area contributed by atoms with Crippen molar-refractivity contribution >= 4 is 11.8 Å². The van der Waals surface area contributed by atoms with Crippen molar-refractivity contribution in [2.45, 2.75) is 31.0 Å². The van der Waals surface area contributed by atoms with Crippen LogP contribution in [0.2, 0.25) is 0 Å². The fourth-order valence-corrected chi connectivity index (χ4v) is 2.12. The molecule has 1 N–H and O–H groups in total. The van der Waals surface area contributed by atoms with Crippen LogP contribution >= 0.6 is 11.8 Å². The van der Waals surface area contributed by atoms with Crippen molar-refractivity contribution in [3.8, 4) is 11.5 Å². The van der Waals surface area contributed by atoms with Gasteiger partial charge in [0.25, 0.3) is 0 Å². The van der Waals surface area contributed by atoms with E-state index in [0.717, 1.165) is 11.4 Å². The van der Waals surface area contributed by atoms with E-state index in [9.17, 15) is 5.11 Å². The van der Waals surface area contributed by atoms with Crippen LogP contribution in [-0.4, -0.2) is 21.6 Å². The van der Waals surface area contributed by atoms with Gasteiger partial charge in [-0.25, -0.2) is 0 Å². The molecule has 0 aliphatic heterocycles. The van der Waals surface area contributed by atoms with Gasteiger partial charge in [-0.15, -0.1) is 11.8 Å². The summed E-state index contributed by atoms with van der Waals surface area (Å²) in [7, 11) is 0. The monoisotopic (exact) mass is 253 g/mol. The molecule has 2 aromatic heterocycles. The molecule has 2 atom stereocenters. The predicted octanol–water partition coefficient (Wildman–Crippen LogP) is 2.94. The smallest absolute Gasteiger partial charge is 0.202 e. The fourth-order valence-electron chi connectivity index (χ4n) is 1.27. The molecule has 0 spiro atoms. The van der Waals surface area contributed by atoms with E-state index in [1.807, 2.05) is 25.1 Å². The quantitative estimate of drug-likeness (QED) is 0.887. The normalized spacial score (nSPS) is 14.8. The lowest BCUT2D eigenvalue weighted by Gasteiger charge is -2.12. The number of hydrogen-bond donors (Lipinski definition) is 1. The zero-order chi connectivity index (χ0) is 12.3. The van der Waals surface area contributed by atoms with E-state index in [4.69, 9.17) is 8.94 Å². The van der Waals surface area contributed by atoms with E-state index in [1.54, 1.807) is 24.9 Å². The Hall–Kier alpha value is -1.20. The van der Waals surface area contributed by atoms with Crippen LogP contribution in [0.1, 0.15) is 19.5 Å². The van der Waals surface area contributed by atoms with Gasteiger partial charge in [-0.2, -0.15) is 0 Å². The molecule has 0 bridgehead atoms. The summed E-state index contributed by atoms with van der Waals surface area (Å²) < 4.78 is 10.4. The van der Waals surface area contributed by atoms with E-state index in [1.165, 1.54) is 0 Å². The molecule has 5 heteroatoms. The highest BCUT2D eigenvalue weighted by Gasteiger charge is 2.12. The second-order valence-corrected chi connectivity index (χ2v) is 5.28. The third-order valence-corrected chi connectivity index (χ3v) is 3.88. The third-order valence-electron chi connectivity index (χ3n) is 2.50. The minimum atomic E-state index is -0.323. The summed E-state index contributed by atoms with van der Waals surface area (Å²) in [5.41, 5.74) is 0.855. The Morgan fingerprint density at radius 2 is 2.24 bits per heavy atom. The zero-order valence-electron chi connectivity index (χ0n) is 9.79. The molecule has 0 saturated heterocycles. The van der Waals surface area contributed by atoms with E-state index in [2.05, 4.69) is 5.16 Å². The summed E-state index contributed by atoms with van der Waals surface area (Å²) >= 11 is 1.65. The molecule has 0 aliphatic carbocycles. The molecule has 0 amide bonds. The van der Waals surface area contributed by atoms with Crippen LogP contribution in [-0.2, 0) is 5.75 Å². The van der Waals surface area contributed by atoms with Gasteiger partial charge in [0.15, 0.2) is 5.76 Å². The second kappa shape index (κ2) is 5.42. The van der Waals surface area contributed by atoms with Gasteiger partial charge < -0.3 is 14.0 Å². The standard InChI is InChI=1S/C12H15NO3S/c1-8(14)9(2)17-7-10-6-12(16-13-10)11-4-3-5-15-11/h3-6,8-9,14H,7H2,1-2H3. The average molecular weight is 253 g/mol. The first-order valence-corrected chi connectivity index (χ1v) is 6.51. The maximum absolute atomic E-state index is 9.37. The van der Waals surface area contributed by atoms with Gasteiger partial charge in [-0.3, -0.25) is 0 Å². The largest absolute Gasteiger partial charge is 0.461 e. The van der Waals surface area contributed by atoms with Crippen LogP contribution in [0.5, 0.6) is 0 Å². The second-order valence-electron chi connectivity index (χ2n) is 3.92. The van der Waals surface area contributed by atoms with Crippen LogP contribution in [0, 0.1) is 0 Å². The summed E-state index contributed by atoms with van der Waals surface area (Å²) in [4.78, 5) is 0. The highest BCUT2D eigenvalue weighted by molar-refractivity contribution is 7.99. The molecule has 2 rings (SSSR count). The van der Waals surface area contributed by atoms with Crippen LogP contribution in [0.25, 0.3) is 11.5 Å². The molecular formula is C12H15NO3S. The van der Waals surface area contributed by atoms with Crippen molar-refractivity contribution in [2.24, 2.45) is 0 Å². The molecule has 0 aromatic carbocycles. The molecule has 2 heterocycles. The SMILES string of the molecule is CC(O)C(C)SCc1cc(-c2ccco2)on1. The lowest BCUT2D eigenvalue weighted by molar-refractivity contribution is 0.196. The number of aromatic nitrogens is 1. The highest BCUT2D eigenvalue weighted by atomic mass is 32.2. The van der Waals surface area contributed by atoms with Gasteiger partial charge in [-0.1, -0.05) is 12.1 Å². The summed E-state index contributed by atoms with van der Waals surface area (Å²) in [5.74, 6) is 2.03. The minimum absolute atomic E-state index is 0.179. The maximum Gasteiger partial charge on any atom is 0.202 e. The Morgan fingerprint density at radius 1 is 1.41 bits per heavy atom. The van der Waals surface area contributed by atoms with Gasteiger partial charge in [-0.05, 0) is 19.1 Å². The van der Waals surface area contributed by atoms with Crippen LogP contribution in [0.15, 0.2) is 33.4 Å². The van der Waals surface area contributed by atoms with Gasteiger partial charge in [0.05, 0.1) is 18.1 Å². The van der Waals surface area contributed by atoms with Gasteiger partial charge in [0, 0.05) is 17.1 Å². The number of rotatable bonds is 5. The van der Waals surface area contributed by atoms with Crippen molar-refractivity contribution < 1.29 is 14.0 Å². The first-order valence-electron chi connectivity index (χ1n) is 5.46. The molecule has 2 aromatic rings. The molecule has 0 aliphatic rings. The molecule has 0 saturated carbocycles. The number of aliphatic hydroxyl groups excluding tert-OH is 1. The van der Waals surface area contributed by atoms with E-state index >= 15 is 0 Å². The number of hydrogen-bond acceptors (Lipinski definition) is 5. The topological polar surface area (TPSA) is 59.4 Å². The van der Waals surface area contributed by atoms with Gasteiger partial charge in [0.2, 0.25) is 5.76 Å². The van der Waals surface area contributed by atoms with E-state index in [0.29, 0.717) is 11.5 Å². The van der Waals surface area contributed by atoms with Crippen LogP contribution in [0.3, 0.4) is 0 Å². The molecular weight excluding hydrogens is 238 g/mol. The lowest BCUT2D eigenvalue weighted by atomic mass is 10.3. The van der Waals surface area contributed by atoms with Crippen LogP contribution < -0.4 is 0 Å². The molecule has 0 radical (unpaired) electrons.